The molecule has 1 aromatic heterocycles. The molecule has 4 nitrogen and oxygen atoms in total. The van der Waals surface area contributed by atoms with Crippen molar-refractivity contribution in [2.75, 3.05) is 18.1 Å². The molecular formula is C13H17BrN2O2. The van der Waals surface area contributed by atoms with Gasteiger partial charge in [0.2, 0.25) is 0 Å². The van der Waals surface area contributed by atoms with Gasteiger partial charge in [0.25, 0.3) is 5.56 Å². The van der Waals surface area contributed by atoms with Crippen LogP contribution in [0.1, 0.15) is 18.4 Å². The smallest absolute Gasteiger partial charge is 0.252 e. The Labute approximate surface area is 115 Å². The monoisotopic (exact) mass is 312 g/mol. The van der Waals surface area contributed by atoms with Crippen LogP contribution < -0.4 is 10.5 Å². The summed E-state index contributed by atoms with van der Waals surface area (Å²) in [5, 5.41) is 0.718. The summed E-state index contributed by atoms with van der Waals surface area (Å²) in [4.78, 5) is 14.4. The minimum Gasteiger partial charge on any atom is -0.377 e. The molecule has 2 fully saturated rings. The van der Waals surface area contributed by atoms with E-state index in [-0.39, 0.29) is 5.56 Å². The van der Waals surface area contributed by atoms with Gasteiger partial charge in [0.1, 0.15) is 5.82 Å². The molecule has 2 saturated heterocycles. The quantitative estimate of drug-likeness (QED) is 0.779. The number of hydrogen-bond donors (Lipinski definition) is 0. The number of anilines is 1. The zero-order chi connectivity index (χ0) is 12.7. The van der Waals surface area contributed by atoms with E-state index in [9.17, 15) is 4.79 Å². The van der Waals surface area contributed by atoms with Gasteiger partial charge >= 0.3 is 0 Å². The van der Waals surface area contributed by atoms with Gasteiger partial charge in [-0.1, -0.05) is 15.9 Å². The molecule has 0 amide bonds. The van der Waals surface area contributed by atoms with Crippen LogP contribution in [0.15, 0.2) is 16.9 Å². The number of morpholine rings is 1. The highest BCUT2D eigenvalue weighted by Gasteiger charge is 2.38. The molecule has 5 heteroatoms. The summed E-state index contributed by atoms with van der Waals surface area (Å²) in [6.07, 6.45) is 2.33. The summed E-state index contributed by atoms with van der Waals surface area (Å²) in [6, 6.07) is 4.67. The van der Waals surface area contributed by atoms with E-state index in [4.69, 9.17) is 4.74 Å². The number of ether oxygens (including phenoxy) is 1. The predicted octanol–water partition coefficient (Wildman–Crippen LogP) is 1.65. The van der Waals surface area contributed by atoms with Crippen molar-refractivity contribution < 1.29 is 4.74 Å². The molecule has 0 spiro atoms. The molecule has 0 aromatic carbocycles. The normalized spacial score (nSPS) is 26.7. The Hall–Kier alpha value is -0.810. The van der Waals surface area contributed by atoms with Crippen LogP contribution in [0, 0.1) is 0 Å². The minimum absolute atomic E-state index is 0.0628. The molecule has 2 aliphatic rings. The molecule has 0 N–H and O–H groups in total. The van der Waals surface area contributed by atoms with E-state index in [1.165, 1.54) is 0 Å². The maximum absolute atomic E-state index is 12.0. The number of alkyl halides is 1. The second kappa shape index (κ2) is 4.70. The van der Waals surface area contributed by atoms with Crippen molar-refractivity contribution in [3.63, 3.8) is 0 Å². The average molecular weight is 313 g/mol. The molecule has 98 valence electrons. The van der Waals surface area contributed by atoms with E-state index in [1.807, 2.05) is 7.05 Å². The van der Waals surface area contributed by atoms with Crippen molar-refractivity contribution >= 4 is 21.7 Å². The number of fused-ring (bicyclic) bond motifs is 2. The van der Waals surface area contributed by atoms with Crippen LogP contribution in [0.5, 0.6) is 0 Å². The first-order valence-electron chi connectivity index (χ1n) is 6.32. The summed E-state index contributed by atoms with van der Waals surface area (Å²) in [5.74, 6) is 1.03. The molecule has 1 aromatic rings. The topological polar surface area (TPSA) is 34.5 Å². The van der Waals surface area contributed by atoms with E-state index in [2.05, 4.69) is 26.9 Å². The Kier molecular flexibility index (Phi) is 3.20. The lowest BCUT2D eigenvalue weighted by Gasteiger charge is -2.37. The van der Waals surface area contributed by atoms with Crippen molar-refractivity contribution in [3.8, 4) is 0 Å². The average Bonchev–Trinajstić information content (AvgIpc) is 2.62. The number of pyridine rings is 1. The van der Waals surface area contributed by atoms with Crippen molar-refractivity contribution in [1.29, 1.82) is 0 Å². The van der Waals surface area contributed by atoms with Crippen molar-refractivity contribution in [2.45, 2.75) is 30.3 Å². The van der Waals surface area contributed by atoms with Crippen LogP contribution in [0.25, 0.3) is 0 Å². The Morgan fingerprint density at radius 2 is 2.00 bits per heavy atom. The molecule has 3 heterocycles. The molecule has 2 atom stereocenters. The number of hydrogen-bond acceptors (Lipinski definition) is 3. The number of halogens is 1. The fraction of sp³-hybridized carbons (Fsp3) is 0.615. The lowest BCUT2D eigenvalue weighted by molar-refractivity contribution is 0.0898. The molecule has 0 saturated carbocycles. The van der Waals surface area contributed by atoms with Crippen molar-refractivity contribution in [3.05, 3.63) is 28.0 Å². The van der Waals surface area contributed by atoms with Crippen molar-refractivity contribution in [2.24, 2.45) is 7.05 Å². The third-order valence-electron chi connectivity index (χ3n) is 3.96. The summed E-state index contributed by atoms with van der Waals surface area (Å²) in [5.41, 5.74) is 1.10. The first-order chi connectivity index (χ1) is 8.70. The standard InChI is InChI=1S/C13H17BrN2O2/c1-15-12(4-9(6-14)5-13(15)17)16-10-2-3-11(16)8-18-7-10/h4-5,10-11H,2-3,6-8H2,1H3. The zero-order valence-corrected chi connectivity index (χ0v) is 12.0. The van der Waals surface area contributed by atoms with E-state index in [1.54, 1.807) is 10.6 Å². The Balaban J connectivity index is 2.06. The maximum atomic E-state index is 12.0. The van der Waals surface area contributed by atoms with Crippen LogP contribution >= 0.6 is 15.9 Å². The summed E-state index contributed by atoms with van der Waals surface area (Å²) < 4.78 is 7.35. The van der Waals surface area contributed by atoms with E-state index in [0.717, 1.165) is 42.8 Å². The molecular weight excluding hydrogens is 296 g/mol. The minimum atomic E-state index is 0.0628. The Morgan fingerprint density at radius 3 is 2.61 bits per heavy atom. The van der Waals surface area contributed by atoms with Crippen LogP contribution in [-0.4, -0.2) is 29.9 Å². The molecule has 2 bridgehead atoms. The Morgan fingerprint density at radius 1 is 1.33 bits per heavy atom. The lowest BCUT2D eigenvalue weighted by atomic mass is 10.2. The van der Waals surface area contributed by atoms with Crippen LogP contribution in [0.3, 0.4) is 0 Å². The van der Waals surface area contributed by atoms with Gasteiger partial charge in [0.15, 0.2) is 0 Å². The van der Waals surface area contributed by atoms with Gasteiger partial charge in [0, 0.05) is 18.4 Å². The second-order valence-electron chi connectivity index (χ2n) is 5.08. The van der Waals surface area contributed by atoms with Gasteiger partial charge in [-0.3, -0.25) is 9.36 Å². The third-order valence-corrected chi connectivity index (χ3v) is 4.60. The van der Waals surface area contributed by atoms with E-state index in [0.29, 0.717) is 12.1 Å². The first-order valence-corrected chi connectivity index (χ1v) is 7.45. The molecule has 0 aliphatic carbocycles. The SMILES string of the molecule is Cn1c(N2C3CCC2COC3)cc(CBr)cc1=O. The van der Waals surface area contributed by atoms with Crippen LogP contribution in [0.4, 0.5) is 5.82 Å². The largest absolute Gasteiger partial charge is 0.377 e. The first kappa shape index (κ1) is 12.2. The highest BCUT2D eigenvalue weighted by Crippen LogP contribution is 2.33. The molecule has 0 radical (unpaired) electrons. The fourth-order valence-corrected chi connectivity index (χ4v) is 3.32. The summed E-state index contributed by atoms with van der Waals surface area (Å²) in [7, 11) is 1.85. The maximum Gasteiger partial charge on any atom is 0.252 e. The number of rotatable bonds is 2. The lowest BCUT2D eigenvalue weighted by Crippen LogP contribution is -2.47. The second-order valence-corrected chi connectivity index (χ2v) is 5.64. The highest BCUT2D eigenvalue weighted by atomic mass is 79.9. The summed E-state index contributed by atoms with van der Waals surface area (Å²) >= 11 is 3.43. The number of aromatic nitrogens is 1. The van der Waals surface area contributed by atoms with Crippen molar-refractivity contribution in [1.82, 2.24) is 4.57 Å². The highest BCUT2D eigenvalue weighted by molar-refractivity contribution is 9.08. The van der Waals surface area contributed by atoms with Gasteiger partial charge in [-0.2, -0.15) is 0 Å². The molecule has 3 rings (SSSR count). The van der Waals surface area contributed by atoms with E-state index >= 15 is 0 Å². The number of nitrogens with zero attached hydrogens (tertiary/aromatic N) is 2. The summed E-state index contributed by atoms with van der Waals surface area (Å²) in [6.45, 7) is 1.56. The van der Waals surface area contributed by atoms with Gasteiger partial charge in [-0.15, -0.1) is 0 Å². The molecule has 18 heavy (non-hydrogen) atoms. The Bertz CT molecular complexity index is 498. The fourth-order valence-electron chi connectivity index (χ4n) is 3.00. The molecule has 2 unspecified atom stereocenters. The third kappa shape index (κ3) is 1.89. The van der Waals surface area contributed by atoms with Gasteiger partial charge in [-0.25, -0.2) is 0 Å². The predicted molar refractivity (Wildman–Crippen MR) is 74.4 cm³/mol. The van der Waals surface area contributed by atoms with Crippen LogP contribution in [0.2, 0.25) is 0 Å². The van der Waals surface area contributed by atoms with Gasteiger partial charge in [0.05, 0.1) is 25.3 Å². The zero-order valence-electron chi connectivity index (χ0n) is 10.4. The van der Waals surface area contributed by atoms with Gasteiger partial charge in [-0.05, 0) is 24.5 Å². The molecule has 2 aliphatic heterocycles. The van der Waals surface area contributed by atoms with E-state index < -0.39 is 0 Å². The van der Waals surface area contributed by atoms with Crippen LogP contribution in [-0.2, 0) is 17.1 Å². The van der Waals surface area contributed by atoms with Gasteiger partial charge < -0.3 is 9.64 Å².